The fourth-order valence-corrected chi connectivity index (χ4v) is 1.42. The first-order valence-corrected chi connectivity index (χ1v) is 4.88. The van der Waals surface area contributed by atoms with Crippen molar-refractivity contribution in [1.29, 1.82) is 0 Å². The van der Waals surface area contributed by atoms with Crippen LogP contribution in [0.2, 0.25) is 0 Å². The highest BCUT2D eigenvalue weighted by atomic mass is 16.3. The molecule has 0 aliphatic carbocycles. The lowest BCUT2D eigenvalue weighted by Gasteiger charge is -2.22. The molecule has 14 heavy (non-hydrogen) atoms. The smallest absolute Gasteiger partial charge is 0.0612 e. The molecule has 0 saturated carbocycles. The Hall–Kier alpha value is -0.870. The fraction of sp³-hybridized carbons (Fsp3) is 0.700. The van der Waals surface area contributed by atoms with E-state index in [9.17, 15) is 0 Å². The Morgan fingerprint density at radius 3 is 2.79 bits per heavy atom. The molecule has 4 heteroatoms. The van der Waals surface area contributed by atoms with Crippen LogP contribution in [0.1, 0.15) is 32.5 Å². The SMILES string of the molecule is CC(C)n1nccc1CC(C)(N)CO. The molecule has 1 atom stereocenters. The molecular weight excluding hydrogens is 178 g/mol. The lowest BCUT2D eigenvalue weighted by molar-refractivity contribution is 0.205. The Morgan fingerprint density at radius 2 is 2.29 bits per heavy atom. The highest BCUT2D eigenvalue weighted by molar-refractivity contribution is 5.06. The first-order valence-electron chi connectivity index (χ1n) is 4.88. The molecule has 0 amide bonds. The molecule has 1 unspecified atom stereocenters. The Morgan fingerprint density at radius 1 is 1.64 bits per heavy atom. The molecule has 0 radical (unpaired) electrons. The molecule has 1 aromatic heterocycles. The van der Waals surface area contributed by atoms with Crippen molar-refractivity contribution in [3.63, 3.8) is 0 Å². The van der Waals surface area contributed by atoms with Crippen molar-refractivity contribution in [3.05, 3.63) is 18.0 Å². The highest BCUT2D eigenvalue weighted by Gasteiger charge is 2.20. The van der Waals surface area contributed by atoms with E-state index in [4.69, 9.17) is 10.8 Å². The Labute approximate surface area is 84.7 Å². The minimum atomic E-state index is -0.563. The van der Waals surface area contributed by atoms with Crippen LogP contribution in [0, 0.1) is 0 Å². The lowest BCUT2D eigenvalue weighted by atomic mass is 9.98. The van der Waals surface area contributed by atoms with Crippen LogP contribution in [0.25, 0.3) is 0 Å². The fourth-order valence-electron chi connectivity index (χ4n) is 1.42. The molecule has 0 spiro atoms. The third-order valence-electron chi connectivity index (χ3n) is 2.19. The van der Waals surface area contributed by atoms with Gasteiger partial charge in [0, 0.05) is 29.9 Å². The number of rotatable bonds is 4. The van der Waals surface area contributed by atoms with Gasteiger partial charge in [0.15, 0.2) is 0 Å². The van der Waals surface area contributed by atoms with Crippen LogP contribution in [-0.4, -0.2) is 27.0 Å². The van der Waals surface area contributed by atoms with Crippen LogP contribution >= 0.6 is 0 Å². The number of nitrogens with zero attached hydrogens (tertiary/aromatic N) is 2. The number of aromatic nitrogens is 2. The second kappa shape index (κ2) is 4.11. The number of hydrogen-bond acceptors (Lipinski definition) is 3. The summed E-state index contributed by atoms with van der Waals surface area (Å²) < 4.78 is 1.93. The van der Waals surface area contributed by atoms with Crippen molar-refractivity contribution in [2.75, 3.05) is 6.61 Å². The van der Waals surface area contributed by atoms with Crippen molar-refractivity contribution in [3.8, 4) is 0 Å². The van der Waals surface area contributed by atoms with Crippen molar-refractivity contribution >= 4 is 0 Å². The zero-order valence-electron chi connectivity index (χ0n) is 9.07. The number of nitrogens with two attached hydrogens (primary N) is 1. The highest BCUT2D eigenvalue weighted by Crippen LogP contribution is 2.13. The summed E-state index contributed by atoms with van der Waals surface area (Å²) in [5, 5.41) is 13.3. The van der Waals surface area contributed by atoms with E-state index in [0.717, 1.165) is 5.69 Å². The van der Waals surface area contributed by atoms with E-state index < -0.39 is 5.54 Å². The van der Waals surface area contributed by atoms with Gasteiger partial charge >= 0.3 is 0 Å². The number of hydrogen-bond donors (Lipinski definition) is 2. The first-order chi connectivity index (χ1) is 6.46. The van der Waals surface area contributed by atoms with Crippen molar-refractivity contribution in [2.24, 2.45) is 5.73 Å². The van der Waals surface area contributed by atoms with Crippen LogP contribution in [0.4, 0.5) is 0 Å². The normalized spacial score (nSPS) is 15.9. The summed E-state index contributed by atoms with van der Waals surface area (Å²) in [6.07, 6.45) is 2.41. The molecule has 0 bridgehead atoms. The quantitative estimate of drug-likeness (QED) is 0.747. The third kappa shape index (κ3) is 2.56. The largest absolute Gasteiger partial charge is 0.394 e. The van der Waals surface area contributed by atoms with E-state index in [1.807, 2.05) is 17.7 Å². The van der Waals surface area contributed by atoms with Gasteiger partial charge in [-0.05, 0) is 26.8 Å². The minimum Gasteiger partial charge on any atom is -0.394 e. The van der Waals surface area contributed by atoms with Gasteiger partial charge in [-0.25, -0.2) is 0 Å². The van der Waals surface area contributed by atoms with E-state index >= 15 is 0 Å². The van der Waals surface area contributed by atoms with Gasteiger partial charge in [0.25, 0.3) is 0 Å². The lowest BCUT2D eigenvalue weighted by Crippen LogP contribution is -2.43. The van der Waals surface area contributed by atoms with Gasteiger partial charge in [-0.2, -0.15) is 5.10 Å². The summed E-state index contributed by atoms with van der Waals surface area (Å²) in [6.45, 7) is 5.97. The van der Waals surface area contributed by atoms with E-state index in [1.165, 1.54) is 0 Å². The summed E-state index contributed by atoms with van der Waals surface area (Å²) >= 11 is 0. The molecule has 80 valence electrons. The molecule has 1 rings (SSSR count). The molecule has 1 heterocycles. The van der Waals surface area contributed by atoms with E-state index in [0.29, 0.717) is 12.5 Å². The third-order valence-corrected chi connectivity index (χ3v) is 2.19. The predicted octanol–water partition coefficient (Wildman–Crippen LogP) is 0.716. The Bertz CT molecular complexity index is 291. The van der Waals surface area contributed by atoms with Crippen LogP contribution < -0.4 is 5.73 Å². The molecular formula is C10H19N3O. The zero-order valence-corrected chi connectivity index (χ0v) is 9.07. The second-order valence-electron chi connectivity index (χ2n) is 4.35. The van der Waals surface area contributed by atoms with E-state index in [2.05, 4.69) is 18.9 Å². The standard InChI is InChI=1S/C10H19N3O/c1-8(2)13-9(4-5-12-13)6-10(3,11)7-14/h4-5,8,14H,6-7,11H2,1-3H3. The van der Waals surface area contributed by atoms with Crippen LogP contribution in [-0.2, 0) is 6.42 Å². The molecule has 0 aliphatic rings. The van der Waals surface area contributed by atoms with E-state index in [1.54, 1.807) is 6.20 Å². The summed E-state index contributed by atoms with van der Waals surface area (Å²) in [4.78, 5) is 0. The molecule has 4 nitrogen and oxygen atoms in total. The molecule has 0 aromatic carbocycles. The van der Waals surface area contributed by atoms with Crippen LogP contribution in [0.3, 0.4) is 0 Å². The summed E-state index contributed by atoms with van der Waals surface area (Å²) in [6, 6.07) is 2.27. The molecule has 1 aromatic rings. The van der Waals surface area contributed by atoms with Crippen molar-refractivity contribution in [2.45, 2.75) is 38.8 Å². The molecule has 3 N–H and O–H groups in total. The van der Waals surface area contributed by atoms with Gasteiger partial charge in [-0.1, -0.05) is 0 Å². The van der Waals surface area contributed by atoms with E-state index in [-0.39, 0.29) is 6.61 Å². The van der Waals surface area contributed by atoms with Crippen LogP contribution in [0.15, 0.2) is 12.3 Å². The summed E-state index contributed by atoms with van der Waals surface area (Å²) in [7, 11) is 0. The maximum atomic E-state index is 9.07. The minimum absolute atomic E-state index is 0.0176. The van der Waals surface area contributed by atoms with Crippen molar-refractivity contribution < 1.29 is 5.11 Å². The maximum Gasteiger partial charge on any atom is 0.0612 e. The molecule has 0 saturated heterocycles. The zero-order chi connectivity index (χ0) is 10.8. The van der Waals surface area contributed by atoms with Crippen LogP contribution in [0.5, 0.6) is 0 Å². The summed E-state index contributed by atoms with van der Waals surface area (Å²) in [5.41, 5.74) is 6.39. The Kier molecular flexibility index (Phi) is 3.29. The summed E-state index contributed by atoms with van der Waals surface area (Å²) in [5.74, 6) is 0. The average molecular weight is 197 g/mol. The van der Waals surface area contributed by atoms with Gasteiger partial charge in [0.2, 0.25) is 0 Å². The average Bonchev–Trinajstić information content (AvgIpc) is 2.51. The van der Waals surface area contributed by atoms with Gasteiger partial charge in [-0.3, -0.25) is 4.68 Å². The van der Waals surface area contributed by atoms with Gasteiger partial charge in [-0.15, -0.1) is 0 Å². The van der Waals surface area contributed by atoms with Crippen molar-refractivity contribution in [1.82, 2.24) is 9.78 Å². The maximum absolute atomic E-state index is 9.07. The Balaban J connectivity index is 2.81. The molecule has 0 fully saturated rings. The predicted molar refractivity (Wildman–Crippen MR) is 56.0 cm³/mol. The number of aliphatic hydroxyl groups is 1. The van der Waals surface area contributed by atoms with Gasteiger partial charge in [0.05, 0.1) is 6.61 Å². The number of aliphatic hydroxyl groups excluding tert-OH is 1. The van der Waals surface area contributed by atoms with Gasteiger partial charge < -0.3 is 10.8 Å². The monoisotopic (exact) mass is 197 g/mol. The van der Waals surface area contributed by atoms with Gasteiger partial charge in [0.1, 0.15) is 0 Å². The molecule has 0 aliphatic heterocycles. The second-order valence-corrected chi connectivity index (χ2v) is 4.35. The topological polar surface area (TPSA) is 64.1 Å². The first kappa shape index (κ1) is 11.2.